The maximum Gasteiger partial charge on any atom is 0.407 e. The van der Waals surface area contributed by atoms with Crippen LogP contribution in [-0.4, -0.2) is 103 Å². The molecule has 2 unspecified atom stereocenters. The Hall–Kier alpha value is -5.67. The maximum atomic E-state index is 13.3. The van der Waals surface area contributed by atoms with Crippen LogP contribution in [0.2, 0.25) is 0 Å². The number of benzene rings is 2. The standard InChI is InChI=1S/C37H49N7O9/c1-21(2)29(41-36(50)52-5)34(48)43-19-7-9-27(43)32(46)39-24-13-11-23(12-14-24)31(45)38-25-15-17-26(18-16-25)40-33(47)28-10-8-20-44(28)35(49)30(22(3)4)42-37(51)53-6/h11-18,21-22,27-30H,7-10,19-20H2,1-6H3,(H,38,45)(H,39,46)(H,40,47)(H,41,50)(H,42,51)/t27-,28-,29?,30?/m0/s1. The number of hydrogen-bond acceptors (Lipinski definition) is 9. The molecule has 0 saturated carbocycles. The normalized spacial score (nSPS) is 17.8. The molecule has 16 heteroatoms. The van der Waals surface area contributed by atoms with Crippen molar-refractivity contribution < 1.29 is 43.0 Å². The van der Waals surface area contributed by atoms with Crippen molar-refractivity contribution in [2.45, 2.75) is 77.5 Å². The monoisotopic (exact) mass is 735 g/mol. The summed E-state index contributed by atoms with van der Waals surface area (Å²) in [4.78, 5) is 92.6. The number of alkyl carbamates (subject to hydrolysis) is 2. The van der Waals surface area contributed by atoms with Crippen LogP contribution in [0.5, 0.6) is 0 Å². The quantitative estimate of drug-likeness (QED) is 0.216. The topological polar surface area (TPSA) is 205 Å². The van der Waals surface area contributed by atoms with E-state index in [1.165, 1.54) is 24.0 Å². The van der Waals surface area contributed by atoms with Gasteiger partial charge in [-0.05, 0) is 86.1 Å². The van der Waals surface area contributed by atoms with Gasteiger partial charge in [0.25, 0.3) is 5.91 Å². The number of methoxy groups -OCH3 is 2. The lowest BCUT2D eigenvalue weighted by molar-refractivity contribution is -0.139. The molecule has 2 aliphatic rings. The van der Waals surface area contributed by atoms with E-state index in [4.69, 9.17) is 0 Å². The average Bonchev–Trinajstić information content (AvgIpc) is 3.84. The van der Waals surface area contributed by atoms with Crippen molar-refractivity contribution in [1.82, 2.24) is 20.4 Å². The predicted molar refractivity (Wildman–Crippen MR) is 196 cm³/mol. The van der Waals surface area contributed by atoms with Crippen LogP contribution in [0.15, 0.2) is 48.5 Å². The van der Waals surface area contributed by atoms with Crippen molar-refractivity contribution >= 4 is 58.8 Å². The molecule has 2 aromatic rings. The molecule has 2 aliphatic heterocycles. The van der Waals surface area contributed by atoms with Crippen LogP contribution in [0, 0.1) is 11.8 Å². The van der Waals surface area contributed by atoms with Gasteiger partial charge in [0.15, 0.2) is 0 Å². The Bertz CT molecular complexity index is 1660. The van der Waals surface area contributed by atoms with Gasteiger partial charge in [-0.15, -0.1) is 0 Å². The molecule has 0 bridgehead atoms. The zero-order valence-corrected chi connectivity index (χ0v) is 30.9. The molecule has 0 aliphatic carbocycles. The number of likely N-dealkylation sites (tertiary alicyclic amines) is 2. The van der Waals surface area contributed by atoms with Gasteiger partial charge in [0, 0.05) is 35.7 Å². The summed E-state index contributed by atoms with van der Waals surface area (Å²) in [6, 6.07) is 9.74. The Kier molecular flexibility index (Phi) is 13.8. The van der Waals surface area contributed by atoms with E-state index in [0.29, 0.717) is 61.4 Å². The third-order valence-corrected chi connectivity index (χ3v) is 9.28. The van der Waals surface area contributed by atoms with Crippen molar-refractivity contribution in [3.8, 4) is 0 Å². The molecular formula is C37H49N7O9. The van der Waals surface area contributed by atoms with E-state index in [1.807, 2.05) is 0 Å². The Morgan fingerprint density at radius 3 is 1.30 bits per heavy atom. The molecule has 2 heterocycles. The maximum absolute atomic E-state index is 13.3. The first-order chi connectivity index (χ1) is 25.2. The minimum Gasteiger partial charge on any atom is -0.453 e. The summed E-state index contributed by atoms with van der Waals surface area (Å²) in [7, 11) is 2.44. The third-order valence-electron chi connectivity index (χ3n) is 9.28. The van der Waals surface area contributed by atoms with Crippen molar-refractivity contribution in [1.29, 1.82) is 0 Å². The number of nitrogens with zero attached hydrogens (tertiary/aromatic N) is 2. The fourth-order valence-corrected chi connectivity index (χ4v) is 6.36. The smallest absolute Gasteiger partial charge is 0.407 e. The molecule has 0 spiro atoms. The number of nitrogens with one attached hydrogen (secondary N) is 5. The summed E-state index contributed by atoms with van der Waals surface area (Å²) >= 11 is 0. The number of carbonyl (C=O) groups is 7. The Morgan fingerprint density at radius 2 is 0.943 bits per heavy atom. The van der Waals surface area contributed by atoms with E-state index < -0.39 is 42.3 Å². The summed E-state index contributed by atoms with van der Waals surface area (Å²) in [5.41, 5.74) is 1.73. The highest BCUT2D eigenvalue weighted by atomic mass is 16.5. The van der Waals surface area contributed by atoms with Crippen LogP contribution >= 0.6 is 0 Å². The molecule has 2 saturated heterocycles. The van der Waals surface area contributed by atoms with Crippen molar-refractivity contribution in [2.24, 2.45) is 11.8 Å². The van der Waals surface area contributed by atoms with E-state index in [1.54, 1.807) is 76.2 Å². The van der Waals surface area contributed by atoms with Crippen LogP contribution in [0.3, 0.4) is 0 Å². The molecule has 2 aromatic carbocycles. The van der Waals surface area contributed by atoms with E-state index in [0.717, 1.165) is 0 Å². The zero-order chi connectivity index (χ0) is 38.8. The van der Waals surface area contributed by atoms with Gasteiger partial charge in [0.2, 0.25) is 23.6 Å². The second-order valence-electron chi connectivity index (χ2n) is 13.7. The van der Waals surface area contributed by atoms with Gasteiger partial charge >= 0.3 is 12.2 Å². The number of carbonyl (C=O) groups excluding carboxylic acids is 7. The molecule has 7 amide bonds. The summed E-state index contributed by atoms with van der Waals surface area (Å²) in [5.74, 6) is -2.28. The first-order valence-corrected chi connectivity index (χ1v) is 17.7. The average molecular weight is 736 g/mol. The zero-order valence-electron chi connectivity index (χ0n) is 30.9. The van der Waals surface area contributed by atoms with Gasteiger partial charge < -0.3 is 45.9 Å². The van der Waals surface area contributed by atoms with Gasteiger partial charge in [-0.3, -0.25) is 24.0 Å². The van der Waals surface area contributed by atoms with Crippen molar-refractivity contribution in [2.75, 3.05) is 43.3 Å². The number of anilines is 3. The lowest BCUT2D eigenvalue weighted by Gasteiger charge is -2.30. The third kappa shape index (κ3) is 10.2. The number of hydrogen-bond donors (Lipinski definition) is 5. The van der Waals surface area contributed by atoms with E-state index >= 15 is 0 Å². The summed E-state index contributed by atoms with van der Waals surface area (Å²) in [6.07, 6.45) is 0.777. The molecule has 4 atom stereocenters. The molecule has 53 heavy (non-hydrogen) atoms. The fourth-order valence-electron chi connectivity index (χ4n) is 6.36. The lowest BCUT2D eigenvalue weighted by atomic mass is 10.0. The largest absolute Gasteiger partial charge is 0.453 e. The second kappa shape index (κ2) is 18.2. The molecule has 5 N–H and O–H groups in total. The predicted octanol–water partition coefficient (Wildman–Crippen LogP) is 3.56. The second-order valence-corrected chi connectivity index (χ2v) is 13.7. The fraction of sp³-hybridized carbons (Fsp3) is 0.486. The summed E-state index contributed by atoms with van der Waals surface area (Å²) < 4.78 is 9.31. The van der Waals surface area contributed by atoms with Crippen molar-refractivity contribution in [3.05, 3.63) is 54.1 Å². The number of amides is 7. The number of rotatable bonds is 12. The molecule has 0 radical (unpaired) electrons. The highest BCUT2D eigenvalue weighted by molar-refractivity contribution is 6.05. The Morgan fingerprint density at radius 1 is 0.585 bits per heavy atom. The molecule has 4 rings (SSSR count). The van der Waals surface area contributed by atoms with Crippen LogP contribution in [0.25, 0.3) is 0 Å². The Labute approximate surface area is 308 Å². The minimum absolute atomic E-state index is 0.220. The summed E-state index contributed by atoms with van der Waals surface area (Å²) in [6.45, 7) is 7.96. The molecule has 16 nitrogen and oxygen atoms in total. The van der Waals surface area contributed by atoms with Crippen LogP contribution < -0.4 is 26.6 Å². The molecular weight excluding hydrogens is 686 g/mol. The van der Waals surface area contributed by atoms with Crippen LogP contribution in [0.4, 0.5) is 26.7 Å². The lowest BCUT2D eigenvalue weighted by Crippen LogP contribution is -2.54. The number of ether oxygens (including phenoxy) is 2. The SMILES string of the molecule is COC(=O)NC(C(=O)N1CCC[C@H]1C(=O)Nc1ccc(NC(=O)c2ccc(NC(=O)[C@@H]3CCCN3C(=O)C(NC(=O)OC)C(C)C)cc2)cc1)C(C)C. The van der Waals surface area contributed by atoms with Gasteiger partial charge in [-0.1, -0.05) is 27.7 Å². The van der Waals surface area contributed by atoms with Gasteiger partial charge in [0.1, 0.15) is 24.2 Å². The van der Waals surface area contributed by atoms with Crippen LogP contribution in [0.1, 0.15) is 63.7 Å². The highest BCUT2D eigenvalue weighted by Gasteiger charge is 2.40. The van der Waals surface area contributed by atoms with E-state index in [2.05, 4.69) is 36.1 Å². The first-order valence-electron chi connectivity index (χ1n) is 17.7. The molecule has 2 fully saturated rings. The van der Waals surface area contributed by atoms with Gasteiger partial charge in [0.05, 0.1) is 14.2 Å². The molecule has 0 aromatic heterocycles. The minimum atomic E-state index is -0.842. The summed E-state index contributed by atoms with van der Waals surface area (Å²) in [5, 5.41) is 13.6. The first kappa shape index (κ1) is 40.1. The van der Waals surface area contributed by atoms with E-state index in [9.17, 15) is 33.6 Å². The van der Waals surface area contributed by atoms with Crippen LogP contribution in [-0.2, 0) is 28.7 Å². The highest BCUT2D eigenvalue weighted by Crippen LogP contribution is 2.24. The van der Waals surface area contributed by atoms with E-state index in [-0.39, 0.29) is 35.5 Å². The van der Waals surface area contributed by atoms with Crippen molar-refractivity contribution in [3.63, 3.8) is 0 Å². The van der Waals surface area contributed by atoms with Gasteiger partial charge in [-0.25, -0.2) is 9.59 Å². The Balaban J connectivity index is 1.31. The molecule has 286 valence electrons. The van der Waals surface area contributed by atoms with Gasteiger partial charge in [-0.2, -0.15) is 0 Å².